The minimum absolute atomic E-state index is 0.669. The molecule has 0 aliphatic heterocycles. The maximum Gasteiger partial charge on any atom is 0.0270 e. The van der Waals surface area contributed by atoms with E-state index in [1.807, 2.05) is 12.4 Å². The lowest BCUT2D eigenvalue weighted by atomic mass is 9.76. The number of pyridine rings is 1. The summed E-state index contributed by atoms with van der Waals surface area (Å²) in [6.07, 6.45) is 11.6. The quantitative estimate of drug-likeness (QED) is 0.838. The van der Waals surface area contributed by atoms with Crippen LogP contribution in [-0.4, -0.2) is 36.1 Å². The fourth-order valence-electron chi connectivity index (χ4n) is 3.80. The van der Waals surface area contributed by atoms with Crippen molar-refractivity contribution in [1.82, 2.24) is 9.88 Å². The number of likely N-dealkylation sites (N-methyl/N-ethyl adjacent to an activating group) is 1. The Morgan fingerprint density at radius 2 is 2.05 bits per heavy atom. The second-order valence-electron chi connectivity index (χ2n) is 6.62. The first kappa shape index (κ1) is 16.4. The number of rotatable bonds is 7. The van der Waals surface area contributed by atoms with E-state index < -0.39 is 0 Å². The van der Waals surface area contributed by atoms with E-state index in [0.29, 0.717) is 12.0 Å². The van der Waals surface area contributed by atoms with E-state index in [-0.39, 0.29) is 0 Å². The molecule has 118 valence electrons. The molecule has 3 nitrogen and oxygen atoms in total. The Balaban J connectivity index is 1.89. The molecule has 0 amide bonds. The fourth-order valence-corrected chi connectivity index (χ4v) is 3.80. The van der Waals surface area contributed by atoms with E-state index in [9.17, 15) is 0 Å². The number of hydrogen-bond acceptors (Lipinski definition) is 3. The Bertz CT molecular complexity index is 393. The first-order chi connectivity index (χ1) is 10.2. The highest BCUT2D eigenvalue weighted by Crippen LogP contribution is 2.33. The summed E-state index contributed by atoms with van der Waals surface area (Å²) in [6, 6.07) is 4.91. The zero-order valence-electron chi connectivity index (χ0n) is 13.7. The van der Waals surface area contributed by atoms with Gasteiger partial charge in [0.1, 0.15) is 0 Å². The van der Waals surface area contributed by atoms with Crippen LogP contribution in [0.4, 0.5) is 0 Å². The Kier molecular flexibility index (Phi) is 6.65. The van der Waals surface area contributed by atoms with Gasteiger partial charge in [0.15, 0.2) is 0 Å². The third-order valence-electron chi connectivity index (χ3n) is 5.13. The van der Waals surface area contributed by atoms with Crippen LogP contribution in [0.5, 0.6) is 0 Å². The Hall–Kier alpha value is -0.930. The van der Waals surface area contributed by atoms with Crippen LogP contribution in [0.15, 0.2) is 24.5 Å². The van der Waals surface area contributed by atoms with Crippen LogP contribution in [0.3, 0.4) is 0 Å². The van der Waals surface area contributed by atoms with E-state index in [1.54, 1.807) is 0 Å². The minimum Gasteiger partial charge on any atom is -0.330 e. The first-order valence-corrected chi connectivity index (χ1v) is 8.53. The Morgan fingerprint density at radius 1 is 1.29 bits per heavy atom. The molecule has 1 heterocycles. The molecule has 1 aromatic rings. The zero-order chi connectivity index (χ0) is 15.1. The lowest BCUT2D eigenvalue weighted by molar-refractivity contribution is 0.101. The van der Waals surface area contributed by atoms with Crippen LogP contribution in [0, 0.1) is 11.8 Å². The molecule has 1 aliphatic carbocycles. The average Bonchev–Trinajstić information content (AvgIpc) is 2.54. The van der Waals surface area contributed by atoms with Crippen LogP contribution in [0.1, 0.15) is 44.6 Å². The summed E-state index contributed by atoms with van der Waals surface area (Å²) < 4.78 is 0. The predicted octanol–water partition coefficient (Wildman–Crippen LogP) is 3.10. The minimum atomic E-state index is 0.669. The molecular formula is C18H31N3. The van der Waals surface area contributed by atoms with Gasteiger partial charge in [0.05, 0.1) is 0 Å². The molecule has 2 rings (SSSR count). The van der Waals surface area contributed by atoms with Gasteiger partial charge < -0.3 is 10.6 Å². The summed E-state index contributed by atoms with van der Waals surface area (Å²) >= 11 is 0. The number of aromatic nitrogens is 1. The van der Waals surface area contributed by atoms with Crippen molar-refractivity contribution in [1.29, 1.82) is 0 Å². The molecule has 2 N–H and O–H groups in total. The molecule has 0 bridgehead atoms. The molecule has 1 fully saturated rings. The van der Waals surface area contributed by atoms with Crippen LogP contribution in [-0.2, 0) is 6.42 Å². The topological polar surface area (TPSA) is 42.1 Å². The molecule has 0 aromatic carbocycles. The van der Waals surface area contributed by atoms with Gasteiger partial charge in [-0.2, -0.15) is 0 Å². The van der Waals surface area contributed by atoms with Crippen molar-refractivity contribution >= 4 is 0 Å². The summed E-state index contributed by atoms with van der Waals surface area (Å²) in [6.45, 7) is 4.25. The molecule has 0 radical (unpaired) electrons. The summed E-state index contributed by atoms with van der Waals surface area (Å²) in [7, 11) is 2.28. The molecule has 3 heteroatoms. The Labute approximate surface area is 129 Å². The van der Waals surface area contributed by atoms with E-state index in [0.717, 1.165) is 25.4 Å². The second-order valence-corrected chi connectivity index (χ2v) is 6.62. The molecule has 3 atom stereocenters. The smallest absolute Gasteiger partial charge is 0.0270 e. The van der Waals surface area contributed by atoms with Gasteiger partial charge in [0, 0.05) is 25.0 Å². The van der Waals surface area contributed by atoms with E-state index in [4.69, 9.17) is 5.73 Å². The normalized spacial score (nSPS) is 26.2. The first-order valence-electron chi connectivity index (χ1n) is 8.53. The SMILES string of the molecule is CCCC1CCC(CN)C(N(C)CCc2ccncc2)C1. The van der Waals surface area contributed by atoms with Crippen molar-refractivity contribution in [2.24, 2.45) is 17.6 Å². The van der Waals surface area contributed by atoms with Gasteiger partial charge in [0.2, 0.25) is 0 Å². The monoisotopic (exact) mass is 289 g/mol. The highest BCUT2D eigenvalue weighted by atomic mass is 15.1. The van der Waals surface area contributed by atoms with Gasteiger partial charge in [-0.15, -0.1) is 0 Å². The van der Waals surface area contributed by atoms with Gasteiger partial charge in [-0.25, -0.2) is 0 Å². The van der Waals surface area contributed by atoms with Crippen molar-refractivity contribution in [2.45, 2.75) is 51.5 Å². The summed E-state index contributed by atoms with van der Waals surface area (Å²) in [5.41, 5.74) is 7.40. The lowest BCUT2D eigenvalue weighted by Crippen LogP contribution is -2.45. The lowest BCUT2D eigenvalue weighted by Gasteiger charge is -2.41. The summed E-state index contributed by atoms with van der Waals surface area (Å²) in [4.78, 5) is 6.64. The van der Waals surface area contributed by atoms with Gasteiger partial charge in [0.25, 0.3) is 0 Å². The number of hydrogen-bond donors (Lipinski definition) is 1. The number of nitrogens with two attached hydrogens (primary N) is 1. The third-order valence-corrected chi connectivity index (χ3v) is 5.13. The second kappa shape index (κ2) is 8.50. The highest BCUT2D eigenvalue weighted by Gasteiger charge is 2.31. The van der Waals surface area contributed by atoms with Crippen molar-refractivity contribution in [3.8, 4) is 0 Å². The van der Waals surface area contributed by atoms with Gasteiger partial charge in [-0.1, -0.05) is 26.2 Å². The predicted molar refractivity (Wildman–Crippen MR) is 89.2 cm³/mol. The van der Waals surface area contributed by atoms with Crippen molar-refractivity contribution < 1.29 is 0 Å². The van der Waals surface area contributed by atoms with Gasteiger partial charge >= 0.3 is 0 Å². The molecule has 0 spiro atoms. The maximum atomic E-state index is 6.02. The summed E-state index contributed by atoms with van der Waals surface area (Å²) in [5, 5.41) is 0. The van der Waals surface area contributed by atoms with Crippen LogP contribution in [0.25, 0.3) is 0 Å². The molecule has 1 aliphatic rings. The molecule has 3 unspecified atom stereocenters. The van der Waals surface area contributed by atoms with E-state index in [2.05, 4.69) is 36.0 Å². The fraction of sp³-hybridized carbons (Fsp3) is 0.722. The maximum absolute atomic E-state index is 6.02. The van der Waals surface area contributed by atoms with Gasteiger partial charge in [-0.3, -0.25) is 4.98 Å². The average molecular weight is 289 g/mol. The zero-order valence-corrected chi connectivity index (χ0v) is 13.7. The molecule has 1 saturated carbocycles. The van der Waals surface area contributed by atoms with Crippen LogP contribution >= 0.6 is 0 Å². The summed E-state index contributed by atoms with van der Waals surface area (Å²) in [5.74, 6) is 1.59. The molecule has 21 heavy (non-hydrogen) atoms. The van der Waals surface area contributed by atoms with Crippen molar-refractivity contribution in [2.75, 3.05) is 20.1 Å². The van der Waals surface area contributed by atoms with Crippen LogP contribution in [0.2, 0.25) is 0 Å². The van der Waals surface area contributed by atoms with Crippen molar-refractivity contribution in [3.05, 3.63) is 30.1 Å². The van der Waals surface area contributed by atoms with Crippen molar-refractivity contribution in [3.63, 3.8) is 0 Å². The van der Waals surface area contributed by atoms with E-state index in [1.165, 1.54) is 37.7 Å². The highest BCUT2D eigenvalue weighted by molar-refractivity contribution is 5.10. The standard InChI is InChI=1S/C18H31N3/c1-3-4-16-5-6-17(14-19)18(13-16)21(2)12-9-15-7-10-20-11-8-15/h7-8,10-11,16-18H,3-6,9,12-14,19H2,1-2H3. The third kappa shape index (κ3) is 4.79. The molecule has 1 aromatic heterocycles. The van der Waals surface area contributed by atoms with E-state index >= 15 is 0 Å². The van der Waals surface area contributed by atoms with Gasteiger partial charge in [-0.05, 0) is 62.4 Å². The molecular weight excluding hydrogens is 258 g/mol. The largest absolute Gasteiger partial charge is 0.330 e. The molecule has 0 saturated heterocycles. The van der Waals surface area contributed by atoms with Crippen LogP contribution < -0.4 is 5.73 Å². The number of nitrogens with zero attached hydrogens (tertiary/aromatic N) is 2. The Morgan fingerprint density at radius 3 is 2.71 bits per heavy atom.